The van der Waals surface area contributed by atoms with Crippen molar-refractivity contribution in [2.75, 3.05) is 0 Å². The molecule has 0 aromatic heterocycles. The van der Waals surface area contributed by atoms with Crippen molar-refractivity contribution in [3.05, 3.63) is 13.8 Å². The van der Waals surface area contributed by atoms with Gasteiger partial charge in [-0.2, -0.15) is 12.3 Å². The van der Waals surface area contributed by atoms with Gasteiger partial charge >= 0.3 is 0 Å². The van der Waals surface area contributed by atoms with Gasteiger partial charge in [0.1, 0.15) is 0 Å². The van der Waals surface area contributed by atoms with Crippen LogP contribution in [0, 0.1) is 25.7 Å². The molecule has 0 saturated heterocycles. The Labute approximate surface area is 131 Å². The fourth-order valence-corrected chi connectivity index (χ4v) is 2.12. The standard InChI is InChI=1S/C11H21.C2H6.CH4.CH3.Y/c1-3-10(4-2)9-11-7-5-6-8-11;1-2;;;/h7,10-11H,3-6,8-9H2,1-2H3;1-2H3;1H4;1H3;/q-1;;;-1;. The minimum Gasteiger partial charge on any atom is -0.358 e. The molecule has 1 aliphatic rings. The van der Waals surface area contributed by atoms with Gasteiger partial charge < -0.3 is 13.8 Å². The van der Waals surface area contributed by atoms with Crippen LogP contribution >= 0.6 is 0 Å². The van der Waals surface area contributed by atoms with Gasteiger partial charge in [-0.25, -0.2) is 0 Å². The van der Waals surface area contributed by atoms with E-state index in [0.29, 0.717) is 0 Å². The molecule has 0 aromatic rings. The SMILES string of the molecule is C.CC.CCC(CC)CC1[CH-]CCC1.[CH3-].[Y]. The Morgan fingerprint density at radius 1 is 1.19 bits per heavy atom. The van der Waals surface area contributed by atoms with Gasteiger partial charge in [0.05, 0.1) is 0 Å². The molecule has 1 aliphatic carbocycles. The van der Waals surface area contributed by atoms with Crippen molar-refractivity contribution in [3.8, 4) is 0 Å². The average Bonchev–Trinajstić information content (AvgIpc) is 2.70. The molecule has 0 aromatic carbocycles. The predicted octanol–water partition coefficient (Wildman–Crippen LogP) is 5.93. The van der Waals surface area contributed by atoms with Crippen molar-refractivity contribution in [2.24, 2.45) is 11.8 Å². The summed E-state index contributed by atoms with van der Waals surface area (Å²) in [5.74, 6) is 1.97. The molecule has 0 N–H and O–H groups in total. The van der Waals surface area contributed by atoms with E-state index in [9.17, 15) is 0 Å². The van der Waals surface area contributed by atoms with Crippen molar-refractivity contribution in [2.45, 2.75) is 73.6 Å². The Kier molecular flexibility index (Phi) is 29.8. The minimum absolute atomic E-state index is 0. The van der Waals surface area contributed by atoms with E-state index in [1.807, 2.05) is 13.8 Å². The topological polar surface area (TPSA) is 0 Å². The first kappa shape index (κ1) is 25.8. The minimum atomic E-state index is 0. The Balaban J connectivity index is -0.000000136. The summed E-state index contributed by atoms with van der Waals surface area (Å²) < 4.78 is 0. The molecule has 16 heavy (non-hydrogen) atoms. The summed E-state index contributed by atoms with van der Waals surface area (Å²) in [6, 6.07) is 0. The van der Waals surface area contributed by atoms with E-state index in [1.54, 1.807) is 0 Å². The van der Waals surface area contributed by atoms with Gasteiger partial charge in [-0.05, 0) is 5.92 Å². The van der Waals surface area contributed by atoms with Crippen LogP contribution in [0.2, 0.25) is 0 Å². The molecule has 0 spiro atoms. The molecule has 1 fully saturated rings. The predicted molar refractivity (Wildman–Crippen MR) is 74.8 cm³/mol. The molecule has 1 rings (SSSR count). The fraction of sp³-hybridized carbons (Fsp3) is 0.867. The maximum absolute atomic E-state index is 2.54. The van der Waals surface area contributed by atoms with E-state index in [4.69, 9.17) is 0 Å². The van der Waals surface area contributed by atoms with Crippen LogP contribution in [0.5, 0.6) is 0 Å². The van der Waals surface area contributed by atoms with Gasteiger partial charge in [-0.1, -0.05) is 67.2 Å². The Hall–Kier alpha value is 1.10. The zero-order valence-corrected chi connectivity index (χ0v) is 14.4. The largest absolute Gasteiger partial charge is 0.358 e. The Morgan fingerprint density at radius 3 is 2.00 bits per heavy atom. The third-order valence-electron chi connectivity index (χ3n) is 3.07. The van der Waals surface area contributed by atoms with Gasteiger partial charge in [-0.3, -0.25) is 0 Å². The van der Waals surface area contributed by atoms with Gasteiger partial charge in [0.15, 0.2) is 0 Å². The first-order chi connectivity index (χ1) is 6.36. The summed E-state index contributed by atoms with van der Waals surface area (Å²) in [5.41, 5.74) is 0. The molecule has 0 heterocycles. The summed E-state index contributed by atoms with van der Waals surface area (Å²) in [4.78, 5) is 0. The molecule has 0 bridgehead atoms. The van der Waals surface area contributed by atoms with Crippen molar-refractivity contribution in [3.63, 3.8) is 0 Å². The van der Waals surface area contributed by atoms with Crippen LogP contribution < -0.4 is 0 Å². The molecule has 1 atom stereocenters. The average molecular weight is 303 g/mol. The summed E-state index contributed by atoms with van der Waals surface area (Å²) in [6.45, 7) is 8.65. The van der Waals surface area contributed by atoms with Crippen molar-refractivity contribution in [1.82, 2.24) is 0 Å². The molecule has 1 heteroatoms. The molecule has 1 unspecified atom stereocenters. The summed E-state index contributed by atoms with van der Waals surface area (Å²) in [5, 5.41) is 0. The zero-order chi connectivity index (χ0) is 10.1. The zero-order valence-electron chi connectivity index (χ0n) is 11.6. The van der Waals surface area contributed by atoms with Gasteiger partial charge in [-0.15, -0.1) is 0 Å². The molecular formula is C15H34Y-2. The number of hydrogen-bond donors (Lipinski definition) is 0. The molecule has 1 saturated carbocycles. The molecule has 99 valence electrons. The third kappa shape index (κ3) is 11.6. The van der Waals surface area contributed by atoms with Gasteiger partial charge in [0.25, 0.3) is 0 Å². The van der Waals surface area contributed by atoms with Gasteiger partial charge in [0, 0.05) is 32.7 Å². The maximum Gasteiger partial charge on any atom is 0 e. The summed E-state index contributed by atoms with van der Waals surface area (Å²) in [6.07, 6.45) is 11.1. The molecule has 0 nitrogen and oxygen atoms in total. The van der Waals surface area contributed by atoms with Crippen LogP contribution in [0.25, 0.3) is 0 Å². The van der Waals surface area contributed by atoms with Crippen molar-refractivity contribution in [1.29, 1.82) is 0 Å². The molecule has 0 aliphatic heterocycles. The van der Waals surface area contributed by atoms with Crippen LogP contribution in [-0.4, -0.2) is 0 Å². The van der Waals surface area contributed by atoms with Crippen LogP contribution in [0.1, 0.15) is 73.6 Å². The first-order valence-electron chi connectivity index (χ1n) is 6.20. The third-order valence-corrected chi connectivity index (χ3v) is 3.07. The van der Waals surface area contributed by atoms with E-state index in [0.717, 1.165) is 11.8 Å². The van der Waals surface area contributed by atoms with Crippen LogP contribution in [0.3, 0.4) is 0 Å². The second-order valence-corrected chi connectivity index (χ2v) is 3.84. The number of rotatable bonds is 4. The second-order valence-electron chi connectivity index (χ2n) is 3.84. The van der Waals surface area contributed by atoms with Crippen LogP contribution in [0.4, 0.5) is 0 Å². The summed E-state index contributed by atoms with van der Waals surface area (Å²) >= 11 is 0. The maximum atomic E-state index is 2.54. The van der Waals surface area contributed by atoms with E-state index < -0.39 is 0 Å². The number of hydrogen-bond acceptors (Lipinski definition) is 0. The van der Waals surface area contributed by atoms with Crippen molar-refractivity contribution < 1.29 is 32.7 Å². The van der Waals surface area contributed by atoms with Gasteiger partial charge in [0.2, 0.25) is 0 Å². The second kappa shape index (κ2) is 18.5. The first-order valence-corrected chi connectivity index (χ1v) is 6.20. The van der Waals surface area contributed by atoms with Crippen molar-refractivity contribution >= 4 is 0 Å². The molecular weight excluding hydrogens is 269 g/mol. The van der Waals surface area contributed by atoms with Crippen LogP contribution in [-0.2, 0) is 32.7 Å². The quantitative estimate of drug-likeness (QED) is 0.565. The van der Waals surface area contributed by atoms with E-state index in [1.165, 1.54) is 38.5 Å². The Morgan fingerprint density at radius 2 is 1.69 bits per heavy atom. The molecule has 1 radical (unpaired) electrons. The van der Waals surface area contributed by atoms with E-state index in [2.05, 4.69) is 20.3 Å². The monoisotopic (exact) mass is 303 g/mol. The summed E-state index contributed by atoms with van der Waals surface area (Å²) in [7, 11) is 0. The van der Waals surface area contributed by atoms with Crippen LogP contribution in [0.15, 0.2) is 0 Å². The van der Waals surface area contributed by atoms with E-state index in [-0.39, 0.29) is 47.6 Å². The normalized spacial score (nSPS) is 17.4. The smallest absolute Gasteiger partial charge is 0 e. The fourth-order valence-electron chi connectivity index (χ4n) is 2.12. The molecule has 0 amide bonds. The Bertz CT molecular complexity index is 91.6. The van der Waals surface area contributed by atoms with E-state index >= 15 is 0 Å².